The molecule has 31 heavy (non-hydrogen) atoms. The van der Waals surface area contributed by atoms with Crippen molar-refractivity contribution < 1.29 is 14.8 Å². The number of hydrogen-bond acceptors (Lipinski definition) is 4. The highest BCUT2D eigenvalue weighted by Crippen LogP contribution is 2.64. The van der Waals surface area contributed by atoms with Crippen LogP contribution in [0.4, 0.5) is 5.69 Å². The lowest BCUT2D eigenvalue weighted by Crippen LogP contribution is -2.50. The molecule has 0 radical (unpaired) electrons. The van der Waals surface area contributed by atoms with Crippen LogP contribution in [0.5, 0.6) is 11.5 Å². The van der Waals surface area contributed by atoms with Crippen molar-refractivity contribution in [3.8, 4) is 23.8 Å². The first-order valence-electron chi connectivity index (χ1n) is 11.1. The van der Waals surface area contributed by atoms with Gasteiger partial charge in [0.05, 0.1) is 4.92 Å². The number of non-ortho nitro benzene ring substituents is 1. The second-order valence-electron chi connectivity index (χ2n) is 9.63. The van der Waals surface area contributed by atoms with Crippen molar-refractivity contribution in [3.05, 3.63) is 63.7 Å². The van der Waals surface area contributed by atoms with Gasteiger partial charge in [0.2, 0.25) is 0 Å². The van der Waals surface area contributed by atoms with Crippen LogP contribution in [0.2, 0.25) is 0 Å². The number of hydrogen-bond donors (Lipinski definition) is 1. The maximum atomic E-state index is 11.1. The fourth-order valence-corrected chi connectivity index (χ4v) is 6.65. The average Bonchev–Trinajstić information content (AvgIpc) is 3.05. The molecule has 0 amide bonds. The van der Waals surface area contributed by atoms with Crippen LogP contribution < -0.4 is 4.74 Å². The summed E-state index contributed by atoms with van der Waals surface area (Å²) in [5, 5.41) is 21.9. The fourth-order valence-electron chi connectivity index (χ4n) is 6.65. The zero-order chi connectivity index (χ0) is 21.8. The summed E-state index contributed by atoms with van der Waals surface area (Å²) >= 11 is 0. The molecular formula is C26H27NO4. The Hall–Kier alpha value is -2.84. The highest BCUT2D eigenvalue weighted by atomic mass is 16.6. The average molecular weight is 418 g/mol. The minimum absolute atomic E-state index is 0.0526. The number of nitro groups is 1. The zero-order valence-electron chi connectivity index (χ0n) is 17.7. The molecule has 1 N–H and O–H groups in total. The van der Waals surface area contributed by atoms with E-state index in [9.17, 15) is 15.2 Å². The SMILES string of the molecule is C#C[C@]1(O)CC[C@@H]2[C@@H]3CCc4cc(Oc5ccc([N+](=O)[O-])cc5)ccc4[C@H]3CC[C@]21C. The lowest BCUT2D eigenvalue weighted by atomic mass is 9.53. The Labute approximate surface area is 182 Å². The Morgan fingerprint density at radius 3 is 2.58 bits per heavy atom. The molecule has 5 nitrogen and oxygen atoms in total. The van der Waals surface area contributed by atoms with Gasteiger partial charge in [0.1, 0.15) is 17.1 Å². The van der Waals surface area contributed by atoms with Crippen LogP contribution in [0.3, 0.4) is 0 Å². The lowest BCUT2D eigenvalue weighted by molar-refractivity contribution is -0.384. The van der Waals surface area contributed by atoms with Crippen LogP contribution in [0.15, 0.2) is 42.5 Å². The number of nitro benzene ring substituents is 1. The third-order valence-electron chi connectivity index (χ3n) is 8.37. The highest BCUT2D eigenvalue weighted by molar-refractivity contribution is 5.44. The van der Waals surface area contributed by atoms with E-state index in [1.807, 2.05) is 6.07 Å². The van der Waals surface area contributed by atoms with Gasteiger partial charge in [-0.25, -0.2) is 0 Å². The Morgan fingerprint density at radius 1 is 1.13 bits per heavy atom. The number of terminal acetylenes is 1. The van der Waals surface area contributed by atoms with Gasteiger partial charge in [0, 0.05) is 17.5 Å². The largest absolute Gasteiger partial charge is 0.457 e. The van der Waals surface area contributed by atoms with E-state index in [2.05, 4.69) is 25.0 Å². The molecule has 0 aliphatic heterocycles. The molecule has 2 fully saturated rings. The summed E-state index contributed by atoms with van der Waals surface area (Å²) in [5.41, 5.74) is 1.64. The summed E-state index contributed by atoms with van der Waals surface area (Å²) < 4.78 is 5.96. The van der Waals surface area contributed by atoms with Crippen LogP contribution >= 0.6 is 0 Å². The molecule has 2 aromatic rings. The summed E-state index contributed by atoms with van der Waals surface area (Å²) in [6.07, 6.45) is 11.6. The number of aliphatic hydroxyl groups is 1. The molecule has 0 unspecified atom stereocenters. The molecule has 0 saturated heterocycles. The maximum Gasteiger partial charge on any atom is 0.269 e. The lowest BCUT2D eigenvalue weighted by Gasteiger charge is -2.52. The standard InChI is InChI=1S/C26H27NO4/c1-3-26(28)15-13-24-23-10-4-17-16-20(31-19-7-5-18(6-8-19)27(29)30)9-11-21(17)22(23)12-14-25(24,26)2/h1,5-9,11,16,22-24,28H,4,10,12-15H2,2H3/t22-,23-,24-,25-,26+/m1/s1. The predicted octanol–water partition coefficient (Wildman–Crippen LogP) is 5.61. The number of rotatable bonds is 3. The van der Waals surface area contributed by atoms with Crippen molar-refractivity contribution in [3.63, 3.8) is 0 Å². The molecule has 5 atom stereocenters. The Kier molecular flexibility index (Phi) is 4.60. The van der Waals surface area contributed by atoms with Crippen molar-refractivity contribution in [1.82, 2.24) is 0 Å². The van der Waals surface area contributed by atoms with E-state index in [-0.39, 0.29) is 11.1 Å². The minimum atomic E-state index is -0.967. The molecule has 5 heteroatoms. The number of benzene rings is 2. The molecule has 0 spiro atoms. The first-order valence-corrected chi connectivity index (χ1v) is 11.1. The van der Waals surface area contributed by atoms with Crippen LogP contribution in [-0.4, -0.2) is 15.6 Å². The van der Waals surface area contributed by atoms with E-state index >= 15 is 0 Å². The number of ether oxygens (including phenoxy) is 1. The number of aryl methyl sites for hydroxylation is 1. The molecule has 3 aliphatic rings. The van der Waals surface area contributed by atoms with Crippen LogP contribution in [0.25, 0.3) is 0 Å². The van der Waals surface area contributed by atoms with Crippen LogP contribution in [0.1, 0.15) is 56.1 Å². The van der Waals surface area contributed by atoms with Crippen molar-refractivity contribution in [2.75, 3.05) is 0 Å². The predicted molar refractivity (Wildman–Crippen MR) is 118 cm³/mol. The molecule has 0 heterocycles. The van der Waals surface area contributed by atoms with Crippen molar-refractivity contribution in [2.24, 2.45) is 17.3 Å². The molecule has 2 saturated carbocycles. The van der Waals surface area contributed by atoms with E-state index < -0.39 is 10.5 Å². The van der Waals surface area contributed by atoms with E-state index in [0.29, 0.717) is 29.9 Å². The second kappa shape index (κ2) is 7.10. The topological polar surface area (TPSA) is 72.6 Å². The van der Waals surface area contributed by atoms with Crippen LogP contribution in [0, 0.1) is 39.7 Å². The van der Waals surface area contributed by atoms with E-state index in [4.69, 9.17) is 11.2 Å². The fraction of sp³-hybridized carbons (Fsp3) is 0.462. The Morgan fingerprint density at radius 2 is 1.87 bits per heavy atom. The third kappa shape index (κ3) is 3.04. The number of nitrogens with zero attached hydrogens (tertiary/aromatic N) is 1. The molecular weight excluding hydrogens is 390 g/mol. The highest BCUT2D eigenvalue weighted by Gasteiger charge is 2.61. The van der Waals surface area contributed by atoms with Gasteiger partial charge in [-0.05, 0) is 91.7 Å². The minimum Gasteiger partial charge on any atom is -0.457 e. The molecule has 3 aliphatic carbocycles. The molecule has 0 aromatic heterocycles. The van der Waals surface area contributed by atoms with Gasteiger partial charge in [-0.2, -0.15) is 0 Å². The zero-order valence-corrected chi connectivity index (χ0v) is 17.7. The van der Waals surface area contributed by atoms with Gasteiger partial charge < -0.3 is 9.84 Å². The first-order chi connectivity index (χ1) is 14.8. The molecule has 0 bridgehead atoms. The van der Waals surface area contributed by atoms with Gasteiger partial charge in [0.15, 0.2) is 0 Å². The van der Waals surface area contributed by atoms with Crippen molar-refractivity contribution in [1.29, 1.82) is 0 Å². The maximum absolute atomic E-state index is 11.1. The third-order valence-corrected chi connectivity index (χ3v) is 8.37. The van der Waals surface area contributed by atoms with E-state index in [1.165, 1.54) is 23.3 Å². The van der Waals surface area contributed by atoms with Gasteiger partial charge in [-0.15, -0.1) is 6.42 Å². The van der Waals surface area contributed by atoms with Gasteiger partial charge in [0.25, 0.3) is 5.69 Å². The Bertz CT molecular complexity index is 1070. The van der Waals surface area contributed by atoms with E-state index in [1.54, 1.807) is 12.1 Å². The summed E-state index contributed by atoms with van der Waals surface area (Å²) in [6, 6.07) is 12.5. The monoisotopic (exact) mass is 417 g/mol. The molecule has 160 valence electrons. The van der Waals surface area contributed by atoms with Crippen LogP contribution in [-0.2, 0) is 6.42 Å². The number of fused-ring (bicyclic) bond motifs is 5. The van der Waals surface area contributed by atoms with Gasteiger partial charge in [-0.3, -0.25) is 10.1 Å². The quantitative estimate of drug-likeness (QED) is 0.400. The normalized spacial score (nSPS) is 33.5. The van der Waals surface area contributed by atoms with E-state index in [0.717, 1.165) is 37.9 Å². The first kappa shape index (κ1) is 20.1. The summed E-state index contributed by atoms with van der Waals surface area (Å²) in [5.74, 6) is 5.63. The van der Waals surface area contributed by atoms with Gasteiger partial charge in [-0.1, -0.05) is 18.9 Å². The van der Waals surface area contributed by atoms with Crippen molar-refractivity contribution >= 4 is 5.69 Å². The summed E-state index contributed by atoms with van der Waals surface area (Å²) in [7, 11) is 0. The molecule has 2 aromatic carbocycles. The smallest absolute Gasteiger partial charge is 0.269 e. The molecule has 5 rings (SSSR count). The summed E-state index contributed by atoms with van der Waals surface area (Å²) in [4.78, 5) is 10.4. The van der Waals surface area contributed by atoms with Crippen molar-refractivity contribution in [2.45, 2.75) is 57.0 Å². The summed E-state index contributed by atoms with van der Waals surface area (Å²) in [6.45, 7) is 2.21. The second-order valence-corrected chi connectivity index (χ2v) is 9.63. The van der Waals surface area contributed by atoms with Gasteiger partial charge >= 0.3 is 0 Å². The Balaban J connectivity index is 1.37.